The highest BCUT2D eigenvalue weighted by atomic mass is 32.2. The van der Waals surface area contributed by atoms with Crippen LogP contribution in [0.2, 0.25) is 0 Å². The van der Waals surface area contributed by atoms with Crippen LogP contribution in [0.1, 0.15) is 230 Å². The largest absolute Gasteiger partial charge is 0.507 e. The summed E-state index contributed by atoms with van der Waals surface area (Å²) in [5.41, 5.74) is 4.08. The topological polar surface area (TPSA) is 350 Å². The van der Waals surface area contributed by atoms with Crippen LogP contribution in [0.25, 0.3) is 0 Å². The molecule has 5 amide bonds. The fourth-order valence-corrected chi connectivity index (χ4v) is 13.4. The summed E-state index contributed by atoms with van der Waals surface area (Å²) in [4.78, 5) is 93.4. The average molecular weight is 1280 g/mol. The minimum Gasteiger partial charge on any atom is -0.507 e. The molecular weight excluding hydrogens is 1180 g/mol. The van der Waals surface area contributed by atoms with Gasteiger partial charge >= 0.3 is 0 Å². The number of thioether (sulfide) groups is 1. The molecule has 6 rings (SSSR count). The predicted octanol–water partition coefficient (Wildman–Crippen LogP) is 6.17. The first kappa shape index (κ1) is 73.5. The van der Waals surface area contributed by atoms with Gasteiger partial charge in [0.15, 0.2) is 12.1 Å². The number of aliphatic hydroxyl groups is 3. The van der Waals surface area contributed by atoms with Gasteiger partial charge in [-0.25, -0.2) is 5.43 Å². The Morgan fingerprint density at radius 2 is 1.32 bits per heavy atom. The highest BCUT2D eigenvalue weighted by Gasteiger charge is 2.50. The number of phenolic OH excluding ortho intramolecular Hbond substituents is 2. The number of likely N-dealkylation sites (tertiary alicyclic amines) is 1. The number of nitrogens with zero attached hydrogens (tertiary/aromatic N) is 2. The van der Waals surface area contributed by atoms with E-state index in [2.05, 4.69) is 38.7 Å². The maximum atomic E-state index is 14.1. The fraction of sp³-hybridized carbons (Fsp3) is 0.697. The number of hydrogen-bond donors (Lipinski definition) is 11. The number of aliphatic hydroxyl groups excluding tert-OH is 2. The molecule has 23 nitrogen and oxygen atoms in total. The van der Waals surface area contributed by atoms with Crippen LogP contribution in [0, 0.1) is 0 Å². The molecule has 0 aromatic heterocycles. The van der Waals surface area contributed by atoms with Crippen LogP contribution in [-0.2, 0) is 39.9 Å². The Balaban J connectivity index is 0.819. The predicted molar refractivity (Wildman–Crippen MR) is 344 cm³/mol. The molecule has 0 bridgehead atoms. The monoisotopic (exact) mass is 1280 g/mol. The lowest BCUT2D eigenvalue weighted by Gasteiger charge is -2.43. The van der Waals surface area contributed by atoms with Crippen LogP contribution in [-0.4, -0.2) is 178 Å². The van der Waals surface area contributed by atoms with Crippen molar-refractivity contribution in [2.45, 2.75) is 229 Å². The molecule has 0 spiro atoms. The van der Waals surface area contributed by atoms with Gasteiger partial charge in [0.2, 0.25) is 35.3 Å². The van der Waals surface area contributed by atoms with E-state index >= 15 is 0 Å². The van der Waals surface area contributed by atoms with Gasteiger partial charge in [-0.3, -0.25) is 38.5 Å². The second-order valence-electron chi connectivity index (χ2n) is 24.4. The summed E-state index contributed by atoms with van der Waals surface area (Å²) in [7, 11) is 1.31. The maximum absolute atomic E-state index is 14.1. The Labute approximate surface area is 534 Å². The quantitative estimate of drug-likeness (QED) is 0.00992. The van der Waals surface area contributed by atoms with E-state index in [9.17, 15) is 59.1 Å². The minimum atomic E-state index is -2.26. The van der Waals surface area contributed by atoms with Crippen molar-refractivity contribution in [3.05, 3.63) is 51.6 Å². The molecule has 90 heavy (non-hydrogen) atoms. The Kier molecular flexibility index (Phi) is 31.4. The van der Waals surface area contributed by atoms with Crippen molar-refractivity contribution in [1.29, 1.82) is 0 Å². The number of nitrogens with two attached hydrogens (primary N) is 1. The van der Waals surface area contributed by atoms with E-state index in [4.69, 9.17) is 19.9 Å². The van der Waals surface area contributed by atoms with Gasteiger partial charge in [-0.2, -0.15) is 5.10 Å². The number of nitrogens with one attached hydrogen (secondary N) is 5. The lowest BCUT2D eigenvalue weighted by Crippen LogP contribution is -2.53. The number of amides is 5. The summed E-state index contributed by atoms with van der Waals surface area (Å²) in [5.74, 6) is -4.27. The lowest BCUT2D eigenvalue weighted by atomic mass is 9.71. The first-order valence-electron chi connectivity index (χ1n) is 33.2. The van der Waals surface area contributed by atoms with Crippen molar-refractivity contribution in [2.75, 3.05) is 65.3 Å². The number of carbonyl (C=O) groups is 7. The third kappa shape index (κ3) is 21.5. The summed E-state index contributed by atoms with van der Waals surface area (Å²) in [5, 5.41) is 73.6. The lowest BCUT2D eigenvalue weighted by molar-refractivity contribution is -0.245. The van der Waals surface area contributed by atoms with Crippen LogP contribution >= 0.6 is 11.8 Å². The number of carbonyl (C=O) groups excluding carboxylic acids is 7. The van der Waals surface area contributed by atoms with E-state index in [1.165, 1.54) is 121 Å². The van der Waals surface area contributed by atoms with Crippen LogP contribution in [0.5, 0.6) is 17.2 Å². The van der Waals surface area contributed by atoms with E-state index in [1.807, 2.05) is 0 Å². The smallest absolute Gasteiger partial charge is 0.242 e. The molecule has 2 fully saturated rings. The van der Waals surface area contributed by atoms with Gasteiger partial charge in [-0.15, -0.1) is 11.8 Å². The van der Waals surface area contributed by atoms with Gasteiger partial charge in [0.05, 0.1) is 59.7 Å². The molecule has 24 heteroatoms. The molecule has 7 atom stereocenters. The highest BCUT2D eigenvalue weighted by Crippen LogP contribution is 2.53. The number of hydrogen-bond acceptors (Lipinski definition) is 20. The molecule has 1 unspecified atom stereocenters. The molecule has 502 valence electrons. The van der Waals surface area contributed by atoms with Crippen molar-refractivity contribution in [2.24, 2.45) is 10.8 Å². The first-order chi connectivity index (χ1) is 43.4. The summed E-state index contributed by atoms with van der Waals surface area (Å²) < 4.78 is 17.5. The molecule has 2 saturated heterocycles. The highest BCUT2D eigenvalue weighted by molar-refractivity contribution is 8.00. The van der Waals surface area contributed by atoms with Gasteiger partial charge < -0.3 is 66.7 Å². The van der Waals surface area contributed by atoms with Crippen molar-refractivity contribution in [3.63, 3.8) is 0 Å². The summed E-state index contributed by atoms with van der Waals surface area (Å²) in [6.45, 7) is 7.26. The van der Waals surface area contributed by atoms with Gasteiger partial charge in [-0.05, 0) is 83.4 Å². The Bertz CT molecular complexity index is 2720. The van der Waals surface area contributed by atoms with Crippen LogP contribution in [0.15, 0.2) is 23.3 Å². The summed E-state index contributed by atoms with van der Waals surface area (Å²) >= 11 is 1.27. The normalized spacial score (nSPS) is 21.5. The Hall–Kier alpha value is -5.57. The third-order valence-corrected chi connectivity index (χ3v) is 18.7. The standard InChI is InChI=1S/C66H102N8O15S/c1-4-5-6-7-8-9-10-11-12-13-14-15-16-17-18-27-51(76)70-34-23-32-68-30-19-20-31-69-33-24-35-71-52(77)28-22-37-90-49-39-54(79)74(65(49)85)36-29-53(78)73-72-50(42-75)66(86)40-45-57(48(41-66)89-55-38-46(67)60(80)43(2)88-55)64(84)59-58(62(45)82)61(81)44-25-21-26-47(87-3)56(44)63(59)83/h21,25-26,43,46,48-49,55,60,68-69,75,80,82,84,86H,4-20,22-24,27-42,67H2,1-3H3,(H,70,76)(H,71,77)(H,73,78)/b72-50+/t43-,46-,48-,49?,55-,60+,66-/m0/s1. The van der Waals surface area contributed by atoms with Gasteiger partial charge in [0, 0.05) is 87.3 Å². The SMILES string of the molecule is CCCCCCCCCCCCCCCCCC(=O)NCCCNCCCCNCCCNC(=O)CCCSC1CC(=O)N(CCC(=O)N/N=C(\CO)[C@]2(O)Cc3c(O)c4c(c(O)c3[C@@H](O[C@H]3C[C@H](N)[C@H](O)[C@H](C)O3)C2)C(=O)c2c(OC)cccc2C4=O)C1=O. The number of ketones is 2. The molecule has 0 radical (unpaired) electrons. The van der Waals surface area contributed by atoms with E-state index in [-0.39, 0.29) is 65.6 Å². The molecule has 0 saturated carbocycles. The van der Waals surface area contributed by atoms with Crippen molar-refractivity contribution in [3.8, 4) is 17.2 Å². The molecule has 4 aliphatic rings. The summed E-state index contributed by atoms with van der Waals surface area (Å²) in [6, 6.07) is 3.50. The maximum Gasteiger partial charge on any atom is 0.242 e. The third-order valence-electron chi connectivity index (χ3n) is 17.4. The zero-order chi connectivity index (χ0) is 65.0. The minimum absolute atomic E-state index is 0.0541. The zero-order valence-corrected chi connectivity index (χ0v) is 54.2. The number of imide groups is 1. The van der Waals surface area contributed by atoms with Crippen LogP contribution < -0.4 is 37.2 Å². The first-order valence-corrected chi connectivity index (χ1v) is 34.2. The van der Waals surface area contributed by atoms with Crippen LogP contribution in [0.4, 0.5) is 0 Å². The van der Waals surface area contributed by atoms with Crippen LogP contribution in [0.3, 0.4) is 0 Å². The van der Waals surface area contributed by atoms with Gasteiger partial charge in [-0.1, -0.05) is 109 Å². The second kappa shape index (κ2) is 38.4. The average Bonchev–Trinajstić information content (AvgIpc) is 0.817. The van der Waals surface area contributed by atoms with E-state index < -0.39 is 125 Å². The molecule has 2 aliphatic heterocycles. The number of fused-ring (bicyclic) bond motifs is 3. The van der Waals surface area contributed by atoms with Crippen molar-refractivity contribution >= 4 is 58.6 Å². The Morgan fingerprint density at radius 1 is 0.744 bits per heavy atom. The number of phenols is 2. The van der Waals surface area contributed by atoms with Crippen molar-refractivity contribution in [1.82, 2.24) is 31.6 Å². The van der Waals surface area contributed by atoms with Gasteiger partial charge in [0.25, 0.3) is 0 Å². The molecule has 12 N–H and O–H groups in total. The second-order valence-corrected chi connectivity index (χ2v) is 25.8. The fourth-order valence-electron chi connectivity index (χ4n) is 12.2. The number of methoxy groups -OCH3 is 1. The Morgan fingerprint density at radius 3 is 1.91 bits per heavy atom. The molecule has 2 aliphatic carbocycles. The number of hydrazone groups is 1. The number of unbranched alkanes of at least 4 members (excludes halogenated alkanes) is 15. The number of aromatic hydroxyl groups is 2. The molecule has 2 heterocycles. The molecule has 2 aromatic carbocycles. The number of rotatable bonds is 43. The van der Waals surface area contributed by atoms with Gasteiger partial charge in [0.1, 0.15) is 22.8 Å². The molecule has 2 aromatic rings. The zero-order valence-electron chi connectivity index (χ0n) is 53.4. The van der Waals surface area contributed by atoms with E-state index in [0.29, 0.717) is 31.7 Å². The van der Waals surface area contributed by atoms with E-state index in [0.717, 1.165) is 69.6 Å². The molecular formula is C66H102N8O15S. The summed E-state index contributed by atoms with van der Waals surface area (Å²) in [6.07, 6.45) is 18.7. The van der Waals surface area contributed by atoms with E-state index in [1.54, 1.807) is 6.92 Å². The number of ether oxygens (including phenoxy) is 3. The van der Waals surface area contributed by atoms with Crippen molar-refractivity contribution < 1.29 is 73.3 Å². The number of benzene rings is 2.